The second-order valence-corrected chi connectivity index (χ2v) is 5.58. The summed E-state index contributed by atoms with van der Waals surface area (Å²) in [5.74, 6) is 0. The molecule has 0 spiro atoms. The minimum absolute atomic E-state index is 0.652. The molecule has 0 fully saturated rings. The highest BCUT2D eigenvalue weighted by molar-refractivity contribution is 6.25. The minimum atomic E-state index is 0.652. The van der Waals surface area contributed by atoms with Gasteiger partial charge in [0, 0.05) is 17.1 Å². The fraction of sp³-hybridized carbons (Fsp3) is 0.471. The van der Waals surface area contributed by atoms with E-state index in [0.29, 0.717) is 7.69 Å². The molecule has 0 unspecified atom stereocenters. The van der Waals surface area contributed by atoms with Crippen LogP contribution in [0.2, 0.25) is 0 Å². The molecule has 2 heterocycles. The largest absolute Gasteiger partial charge is 0.495 e. The molecule has 0 saturated heterocycles. The number of rotatable bonds is 4. The molecular weight excluding hydrogens is 262 g/mol. The highest BCUT2D eigenvalue weighted by Gasteiger charge is 2.20. The average Bonchev–Trinajstić information content (AvgIpc) is 2.85. The summed E-state index contributed by atoms with van der Waals surface area (Å²) in [6, 6.07) is 0. The van der Waals surface area contributed by atoms with Gasteiger partial charge in [-0.2, -0.15) is 0 Å². The zero-order valence-corrected chi connectivity index (χ0v) is 13.8. The van der Waals surface area contributed by atoms with Crippen LogP contribution in [-0.4, -0.2) is 17.9 Å². The fourth-order valence-corrected chi connectivity index (χ4v) is 3.31. The van der Waals surface area contributed by atoms with Crippen molar-refractivity contribution in [1.29, 1.82) is 0 Å². The van der Waals surface area contributed by atoms with Gasteiger partial charge in [0.15, 0.2) is 0 Å². The predicted octanol–water partition coefficient (Wildman–Crippen LogP) is 4.56. The Morgan fingerprint density at radius 2 is 1.81 bits per heavy atom. The van der Waals surface area contributed by atoms with Crippen LogP contribution in [0.3, 0.4) is 0 Å². The smallest absolute Gasteiger partial charge is 0.362 e. The number of nitrogens with zero attached hydrogens (tertiary/aromatic N) is 2. The summed E-state index contributed by atoms with van der Waals surface area (Å²) in [5, 5.41) is 0. The Kier molecular flexibility index (Phi) is 4.55. The molecular formula is C17H23BFN2. The van der Waals surface area contributed by atoms with Crippen LogP contribution < -0.4 is 0 Å². The maximum absolute atomic E-state index is 13.3. The zero-order chi connectivity index (χ0) is 15.7. The Morgan fingerprint density at radius 1 is 1.14 bits per heavy atom. The van der Waals surface area contributed by atoms with Crippen molar-refractivity contribution in [3.05, 3.63) is 39.4 Å². The van der Waals surface area contributed by atoms with Crippen molar-refractivity contribution in [1.82, 2.24) is 4.48 Å². The lowest BCUT2D eigenvalue weighted by atomic mass is 10.0. The van der Waals surface area contributed by atoms with Gasteiger partial charge in [-0.1, -0.05) is 13.8 Å². The lowest BCUT2D eigenvalue weighted by molar-refractivity contribution is 0.823. The number of aromatic nitrogens is 1. The lowest BCUT2D eigenvalue weighted by Gasteiger charge is -2.05. The molecule has 0 aliphatic carbocycles. The van der Waals surface area contributed by atoms with Gasteiger partial charge in [0.05, 0.1) is 5.70 Å². The van der Waals surface area contributed by atoms with E-state index in [9.17, 15) is 4.32 Å². The van der Waals surface area contributed by atoms with E-state index in [1.165, 1.54) is 16.7 Å². The standard InChI is InChI=1S/C17H23BFN2/c1-7-14-10(3)16(20-12(14)5)9-17-11(4)15(8-2)13(6)21(17)18-19/h9H,7-8H2,1-6H3/b16-9-. The topological polar surface area (TPSA) is 17.3 Å². The van der Waals surface area contributed by atoms with Gasteiger partial charge in [0.2, 0.25) is 0 Å². The van der Waals surface area contributed by atoms with Crippen molar-refractivity contribution in [2.75, 3.05) is 0 Å². The van der Waals surface area contributed by atoms with Crippen molar-refractivity contribution >= 4 is 19.5 Å². The molecule has 1 aliphatic heterocycles. The van der Waals surface area contributed by atoms with Gasteiger partial charge < -0.3 is 8.79 Å². The maximum Gasteiger partial charge on any atom is 0.495 e. The third-order valence-electron chi connectivity index (χ3n) is 4.53. The first-order valence-corrected chi connectivity index (χ1v) is 7.57. The minimum Gasteiger partial charge on any atom is -0.362 e. The van der Waals surface area contributed by atoms with Gasteiger partial charge in [0.25, 0.3) is 0 Å². The molecule has 2 rings (SSSR count). The Labute approximate surface area is 127 Å². The zero-order valence-electron chi connectivity index (χ0n) is 13.8. The van der Waals surface area contributed by atoms with Crippen molar-refractivity contribution in [3.63, 3.8) is 0 Å². The van der Waals surface area contributed by atoms with E-state index < -0.39 is 0 Å². The SMILES string of the molecule is CCC1=C(C)/C(=C/c2c(C)c(CC)c(C)n2[B]F)N=C1C. The summed E-state index contributed by atoms with van der Waals surface area (Å²) < 4.78 is 15.0. The Bertz CT molecular complexity index is 663. The number of hydrogen-bond donors (Lipinski definition) is 0. The van der Waals surface area contributed by atoms with Crippen molar-refractivity contribution < 1.29 is 4.32 Å². The van der Waals surface area contributed by atoms with Gasteiger partial charge in [-0.05, 0) is 68.9 Å². The summed E-state index contributed by atoms with van der Waals surface area (Å²) in [7, 11) is 0.652. The molecule has 0 N–H and O–H groups in total. The van der Waals surface area contributed by atoms with Crippen LogP contribution in [0.4, 0.5) is 4.32 Å². The van der Waals surface area contributed by atoms with E-state index in [4.69, 9.17) is 0 Å². The molecule has 0 bridgehead atoms. The van der Waals surface area contributed by atoms with Crippen LogP contribution in [0.25, 0.3) is 6.08 Å². The maximum atomic E-state index is 13.3. The molecule has 4 heteroatoms. The molecule has 0 aromatic carbocycles. The van der Waals surface area contributed by atoms with Crippen molar-refractivity contribution in [2.45, 2.75) is 54.4 Å². The van der Waals surface area contributed by atoms with E-state index >= 15 is 0 Å². The first-order chi connectivity index (χ1) is 9.96. The number of halogens is 1. The molecule has 2 nitrogen and oxygen atoms in total. The first kappa shape index (κ1) is 15.8. The van der Waals surface area contributed by atoms with Crippen LogP contribution in [-0.2, 0) is 6.42 Å². The molecule has 1 radical (unpaired) electrons. The summed E-state index contributed by atoms with van der Waals surface area (Å²) >= 11 is 0. The van der Waals surface area contributed by atoms with E-state index in [-0.39, 0.29) is 0 Å². The second kappa shape index (κ2) is 6.04. The third kappa shape index (κ3) is 2.52. The van der Waals surface area contributed by atoms with E-state index in [1.807, 2.05) is 19.9 Å². The fourth-order valence-electron chi connectivity index (χ4n) is 3.31. The van der Waals surface area contributed by atoms with Crippen LogP contribution in [0.5, 0.6) is 0 Å². The quantitative estimate of drug-likeness (QED) is 0.721. The normalized spacial score (nSPS) is 16.9. The summed E-state index contributed by atoms with van der Waals surface area (Å²) in [5.41, 5.74) is 8.76. The van der Waals surface area contributed by atoms with Crippen LogP contribution in [0.15, 0.2) is 21.8 Å². The average molecular weight is 285 g/mol. The van der Waals surface area contributed by atoms with Crippen molar-refractivity contribution in [3.8, 4) is 0 Å². The van der Waals surface area contributed by atoms with Crippen LogP contribution in [0, 0.1) is 13.8 Å². The summed E-state index contributed by atoms with van der Waals surface area (Å²) in [6.07, 6.45) is 3.90. The third-order valence-corrected chi connectivity index (χ3v) is 4.53. The molecule has 0 atom stereocenters. The summed E-state index contributed by atoms with van der Waals surface area (Å²) in [6.45, 7) is 12.4. The number of hydrogen-bond acceptors (Lipinski definition) is 1. The van der Waals surface area contributed by atoms with Crippen molar-refractivity contribution in [2.24, 2.45) is 4.99 Å². The molecule has 0 amide bonds. The first-order valence-electron chi connectivity index (χ1n) is 7.57. The van der Waals surface area contributed by atoms with Gasteiger partial charge >= 0.3 is 7.69 Å². The molecule has 111 valence electrons. The van der Waals surface area contributed by atoms with Gasteiger partial charge in [0.1, 0.15) is 0 Å². The predicted molar refractivity (Wildman–Crippen MR) is 89.6 cm³/mol. The van der Waals surface area contributed by atoms with E-state index in [1.54, 1.807) is 4.48 Å². The van der Waals surface area contributed by atoms with Gasteiger partial charge in [-0.25, -0.2) is 0 Å². The second-order valence-electron chi connectivity index (χ2n) is 5.58. The van der Waals surface area contributed by atoms with E-state index in [2.05, 4.69) is 32.7 Å². The monoisotopic (exact) mass is 285 g/mol. The molecule has 21 heavy (non-hydrogen) atoms. The van der Waals surface area contributed by atoms with Crippen LogP contribution in [0.1, 0.15) is 56.6 Å². The van der Waals surface area contributed by atoms with Gasteiger partial charge in [-0.3, -0.25) is 4.99 Å². The summed E-state index contributed by atoms with van der Waals surface area (Å²) in [4.78, 5) is 4.65. The number of allylic oxidation sites excluding steroid dienone is 2. The molecule has 1 aliphatic rings. The molecule has 1 aromatic rings. The number of aliphatic imine (C=N–C) groups is 1. The highest BCUT2D eigenvalue weighted by atomic mass is 19.1. The molecule has 1 aromatic heterocycles. The Balaban J connectivity index is 2.60. The van der Waals surface area contributed by atoms with Gasteiger partial charge in [-0.15, -0.1) is 0 Å². The van der Waals surface area contributed by atoms with Crippen LogP contribution >= 0.6 is 0 Å². The molecule has 0 saturated carbocycles. The van der Waals surface area contributed by atoms with E-state index in [0.717, 1.165) is 41.2 Å². The Hall–Kier alpha value is -1.58. The Morgan fingerprint density at radius 3 is 2.29 bits per heavy atom. The lowest BCUT2D eigenvalue weighted by Crippen LogP contribution is -2.05. The highest BCUT2D eigenvalue weighted by Crippen LogP contribution is 2.31.